The lowest BCUT2D eigenvalue weighted by Crippen LogP contribution is -2.44. The van der Waals surface area contributed by atoms with Crippen LogP contribution >= 0.6 is 0 Å². The van der Waals surface area contributed by atoms with Crippen LogP contribution in [0, 0.1) is 11.8 Å². The molecule has 0 radical (unpaired) electrons. The molecule has 2 heteroatoms. The van der Waals surface area contributed by atoms with Crippen LogP contribution in [0.5, 0.6) is 0 Å². The molecule has 0 aromatic carbocycles. The molecule has 0 aromatic rings. The van der Waals surface area contributed by atoms with E-state index in [1.165, 1.54) is 25.7 Å². The number of hydrogen-bond acceptors (Lipinski definition) is 2. The molecule has 0 saturated heterocycles. The third kappa shape index (κ3) is 3.25. The van der Waals surface area contributed by atoms with Crippen LogP contribution in [-0.4, -0.2) is 17.4 Å². The highest BCUT2D eigenvalue weighted by Gasteiger charge is 2.28. The Labute approximate surface area is 88.1 Å². The van der Waals surface area contributed by atoms with Crippen molar-refractivity contribution < 1.29 is 5.11 Å². The predicted molar refractivity (Wildman–Crippen MR) is 60.0 cm³/mol. The molecule has 0 aromatic heterocycles. The van der Waals surface area contributed by atoms with Gasteiger partial charge in [-0.1, -0.05) is 33.1 Å². The first-order chi connectivity index (χ1) is 6.65. The predicted octanol–water partition coefficient (Wildman–Crippen LogP) is 2.52. The van der Waals surface area contributed by atoms with E-state index in [1.54, 1.807) is 0 Å². The molecule has 0 amide bonds. The first-order valence-corrected chi connectivity index (χ1v) is 6.09. The molecule has 2 nitrogen and oxygen atoms in total. The zero-order chi connectivity index (χ0) is 10.6. The number of rotatable bonds is 4. The quantitative estimate of drug-likeness (QED) is 0.682. The summed E-state index contributed by atoms with van der Waals surface area (Å²) in [7, 11) is 0. The van der Waals surface area contributed by atoms with Gasteiger partial charge in [-0.2, -0.15) is 0 Å². The van der Waals surface area contributed by atoms with Gasteiger partial charge in [0.1, 0.15) is 6.23 Å². The summed E-state index contributed by atoms with van der Waals surface area (Å²) in [6.07, 6.45) is 6.21. The molecular formula is C12H25NO. The second kappa shape index (κ2) is 5.72. The molecule has 0 aliphatic heterocycles. The van der Waals surface area contributed by atoms with Gasteiger partial charge in [0, 0.05) is 6.04 Å². The van der Waals surface area contributed by atoms with E-state index in [0.29, 0.717) is 6.04 Å². The summed E-state index contributed by atoms with van der Waals surface area (Å²) >= 11 is 0. The first kappa shape index (κ1) is 12.0. The van der Waals surface area contributed by atoms with Crippen LogP contribution in [0.1, 0.15) is 52.9 Å². The Morgan fingerprint density at radius 2 is 2.00 bits per heavy atom. The lowest BCUT2D eigenvalue weighted by Gasteiger charge is -2.36. The summed E-state index contributed by atoms with van der Waals surface area (Å²) in [5.74, 6) is 1.59. The van der Waals surface area contributed by atoms with Gasteiger partial charge < -0.3 is 5.11 Å². The van der Waals surface area contributed by atoms with E-state index in [-0.39, 0.29) is 6.23 Å². The molecule has 2 N–H and O–H groups in total. The van der Waals surface area contributed by atoms with Crippen LogP contribution in [0.3, 0.4) is 0 Å². The van der Waals surface area contributed by atoms with Crippen molar-refractivity contribution in [3.8, 4) is 0 Å². The van der Waals surface area contributed by atoms with E-state index in [0.717, 1.165) is 18.3 Å². The van der Waals surface area contributed by atoms with E-state index in [2.05, 4.69) is 19.2 Å². The fourth-order valence-electron chi connectivity index (χ4n) is 2.80. The van der Waals surface area contributed by atoms with Gasteiger partial charge in [0.15, 0.2) is 0 Å². The van der Waals surface area contributed by atoms with Crippen molar-refractivity contribution in [1.29, 1.82) is 0 Å². The zero-order valence-corrected chi connectivity index (χ0v) is 9.79. The van der Waals surface area contributed by atoms with Gasteiger partial charge in [-0.05, 0) is 31.6 Å². The Balaban J connectivity index is 2.48. The molecule has 0 heterocycles. The Morgan fingerprint density at radius 1 is 1.36 bits per heavy atom. The van der Waals surface area contributed by atoms with Crippen LogP contribution in [0.15, 0.2) is 0 Å². The van der Waals surface area contributed by atoms with Gasteiger partial charge in [0.05, 0.1) is 0 Å². The van der Waals surface area contributed by atoms with E-state index < -0.39 is 0 Å². The number of nitrogens with one attached hydrogen (secondary N) is 1. The maximum absolute atomic E-state index is 9.36. The van der Waals surface area contributed by atoms with Crippen molar-refractivity contribution >= 4 is 0 Å². The number of aliphatic hydroxyl groups excluding tert-OH is 1. The van der Waals surface area contributed by atoms with Gasteiger partial charge in [-0.3, -0.25) is 5.32 Å². The van der Waals surface area contributed by atoms with Crippen molar-refractivity contribution in [2.45, 2.75) is 65.1 Å². The average molecular weight is 199 g/mol. The van der Waals surface area contributed by atoms with E-state index in [9.17, 15) is 5.11 Å². The van der Waals surface area contributed by atoms with Gasteiger partial charge in [-0.15, -0.1) is 0 Å². The lowest BCUT2D eigenvalue weighted by atomic mass is 9.75. The molecule has 1 aliphatic carbocycles. The molecule has 4 atom stereocenters. The first-order valence-electron chi connectivity index (χ1n) is 6.09. The van der Waals surface area contributed by atoms with Crippen molar-refractivity contribution in [3.05, 3.63) is 0 Å². The molecule has 1 fully saturated rings. The van der Waals surface area contributed by atoms with Crippen LogP contribution in [-0.2, 0) is 0 Å². The normalized spacial score (nSPS) is 32.6. The SMILES string of the molecule is CCC(NC(C)O)C1CCCCC1C. The minimum Gasteiger partial charge on any atom is -0.379 e. The Hall–Kier alpha value is -0.0800. The van der Waals surface area contributed by atoms with Crippen molar-refractivity contribution in [2.24, 2.45) is 11.8 Å². The lowest BCUT2D eigenvalue weighted by molar-refractivity contribution is 0.0987. The summed E-state index contributed by atoms with van der Waals surface area (Å²) in [5, 5.41) is 12.6. The van der Waals surface area contributed by atoms with Crippen LogP contribution in [0.2, 0.25) is 0 Å². The average Bonchev–Trinajstić information content (AvgIpc) is 2.15. The Kier molecular flexibility index (Phi) is 4.90. The summed E-state index contributed by atoms with van der Waals surface area (Å²) in [6, 6.07) is 0.505. The van der Waals surface area contributed by atoms with Gasteiger partial charge in [0.25, 0.3) is 0 Å². The second-order valence-electron chi connectivity index (χ2n) is 4.78. The van der Waals surface area contributed by atoms with Crippen molar-refractivity contribution in [2.75, 3.05) is 0 Å². The van der Waals surface area contributed by atoms with Crippen LogP contribution in [0.4, 0.5) is 0 Å². The standard InChI is InChI=1S/C12H25NO/c1-4-12(13-10(3)14)11-8-6-5-7-9(11)2/h9-14H,4-8H2,1-3H3. The molecule has 84 valence electrons. The third-order valence-corrected chi connectivity index (χ3v) is 3.59. The maximum atomic E-state index is 9.36. The summed E-state index contributed by atoms with van der Waals surface area (Å²) in [5.41, 5.74) is 0. The highest BCUT2D eigenvalue weighted by molar-refractivity contribution is 4.82. The molecule has 14 heavy (non-hydrogen) atoms. The summed E-state index contributed by atoms with van der Waals surface area (Å²) in [6.45, 7) is 6.38. The van der Waals surface area contributed by atoms with Gasteiger partial charge in [0.2, 0.25) is 0 Å². The third-order valence-electron chi connectivity index (χ3n) is 3.59. The maximum Gasteiger partial charge on any atom is 0.102 e. The van der Waals surface area contributed by atoms with Gasteiger partial charge >= 0.3 is 0 Å². The van der Waals surface area contributed by atoms with Gasteiger partial charge in [-0.25, -0.2) is 0 Å². The molecule has 0 bridgehead atoms. The summed E-state index contributed by atoms with van der Waals surface area (Å²) < 4.78 is 0. The van der Waals surface area contributed by atoms with E-state index in [1.807, 2.05) is 6.92 Å². The van der Waals surface area contributed by atoms with Crippen LogP contribution < -0.4 is 5.32 Å². The largest absolute Gasteiger partial charge is 0.379 e. The molecule has 0 spiro atoms. The fourth-order valence-corrected chi connectivity index (χ4v) is 2.80. The molecule has 4 unspecified atom stereocenters. The van der Waals surface area contributed by atoms with Crippen molar-refractivity contribution in [1.82, 2.24) is 5.32 Å². The number of hydrogen-bond donors (Lipinski definition) is 2. The van der Waals surface area contributed by atoms with E-state index >= 15 is 0 Å². The zero-order valence-electron chi connectivity index (χ0n) is 9.79. The number of aliphatic hydroxyl groups is 1. The van der Waals surface area contributed by atoms with Crippen molar-refractivity contribution in [3.63, 3.8) is 0 Å². The molecule has 1 saturated carbocycles. The van der Waals surface area contributed by atoms with Crippen LogP contribution in [0.25, 0.3) is 0 Å². The topological polar surface area (TPSA) is 32.3 Å². The second-order valence-corrected chi connectivity index (χ2v) is 4.78. The highest BCUT2D eigenvalue weighted by atomic mass is 16.3. The fraction of sp³-hybridized carbons (Fsp3) is 1.00. The monoisotopic (exact) mass is 199 g/mol. The summed E-state index contributed by atoms with van der Waals surface area (Å²) in [4.78, 5) is 0. The van der Waals surface area contributed by atoms with E-state index in [4.69, 9.17) is 0 Å². The molecule has 1 aliphatic rings. The smallest absolute Gasteiger partial charge is 0.102 e. The minimum atomic E-state index is -0.367. The molecule has 1 rings (SSSR count). The highest BCUT2D eigenvalue weighted by Crippen LogP contribution is 2.32. The Morgan fingerprint density at radius 3 is 2.50 bits per heavy atom. The molecular weight excluding hydrogens is 174 g/mol. The minimum absolute atomic E-state index is 0.367. The Bertz CT molecular complexity index is 158.